The predicted molar refractivity (Wildman–Crippen MR) is 109 cm³/mol. The molecule has 2 aromatic rings. The zero-order valence-corrected chi connectivity index (χ0v) is 16.9. The van der Waals surface area contributed by atoms with E-state index in [1.54, 1.807) is 11.3 Å². The first kappa shape index (κ1) is 19.2. The maximum atomic E-state index is 12.3. The second kappa shape index (κ2) is 9.37. The summed E-state index contributed by atoms with van der Waals surface area (Å²) in [6.07, 6.45) is 9.05. The molecule has 7 heteroatoms. The number of rotatable bonds is 7. The Morgan fingerprint density at radius 3 is 2.81 bits per heavy atom. The fourth-order valence-electron chi connectivity index (χ4n) is 3.29. The van der Waals surface area contributed by atoms with Gasteiger partial charge in [-0.05, 0) is 25.8 Å². The summed E-state index contributed by atoms with van der Waals surface area (Å²) in [6, 6.07) is 2.45. The van der Waals surface area contributed by atoms with Gasteiger partial charge in [0.2, 0.25) is 5.91 Å². The molecule has 1 aliphatic rings. The molecule has 1 amide bonds. The average Bonchev–Trinajstić information content (AvgIpc) is 3.13. The van der Waals surface area contributed by atoms with E-state index in [4.69, 9.17) is 0 Å². The third-order valence-corrected chi connectivity index (χ3v) is 6.40. The van der Waals surface area contributed by atoms with Crippen molar-refractivity contribution >= 4 is 29.0 Å². The Labute approximate surface area is 163 Å². The molecule has 1 saturated carbocycles. The monoisotopic (exact) mass is 390 g/mol. The van der Waals surface area contributed by atoms with Crippen molar-refractivity contribution in [1.82, 2.24) is 20.1 Å². The fourth-order valence-corrected chi connectivity index (χ4v) is 4.73. The lowest BCUT2D eigenvalue weighted by Crippen LogP contribution is -2.35. The summed E-state index contributed by atoms with van der Waals surface area (Å²) in [6.45, 7) is 6.54. The molecule has 1 aliphatic carbocycles. The van der Waals surface area contributed by atoms with E-state index in [1.165, 1.54) is 42.3 Å². The number of nitrogens with zero attached hydrogens (tertiary/aromatic N) is 3. The highest BCUT2D eigenvalue weighted by Crippen LogP contribution is 2.27. The molecule has 0 unspecified atom stereocenters. The van der Waals surface area contributed by atoms with Gasteiger partial charge < -0.3 is 5.32 Å². The summed E-state index contributed by atoms with van der Waals surface area (Å²) >= 11 is 3.14. The number of aromatic nitrogens is 3. The largest absolute Gasteiger partial charge is 0.353 e. The van der Waals surface area contributed by atoms with Gasteiger partial charge in [0, 0.05) is 28.4 Å². The second-order valence-electron chi connectivity index (χ2n) is 6.70. The molecular weight excluding hydrogens is 364 g/mol. The number of thiophene rings is 1. The molecule has 0 aliphatic heterocycles. The lowest BCUT2D eigenvalue weighted by molar-refractivity contribution is -0.119. The van der Waals surface area contributed by atoms with Crippen molar-refractivity contribution in [1.29, 1.82) is 0 Å². The quantitative estimate of drug-likeness (QED) is 0.431. The van der Waals surface area contributed by atoms with E-state index in [-0.39, 0.29) is 5.91 Å². The van der Waals surface area contributed by atoms with Gasteiger partial charge in [0.1, 0.15) is 0 Å². The van der Waals surface area contributed by atoms with Crippen LogP contribution in [-0.2, 0) is 11.3 Å². The molecule has 3 rings (SSSR count). The van der Waals surface area contributed by atoms with Crippen molar-refractivity contribution in [3.05, 3.63) is 29.0 Å². The topological polar surface area (TPSA) is 59.8 Å². The van der Waals surface area contributed by atoms with Gasteiger partial charge in [-0.25, -0.2) is 0 Å². The lowest BCUT2D eigenvalue weighted by Gasteiger charge is -2.16. The molecule has 5 nitrogen and oxygen atoms in total. The Balaban J connectivity index is 1.62. The van der Waals surface area contributed by atoms with Gasteiger partial charge in [0.25, 0.3) is 0 Å². The molecule has 1 fully saturated rings. The van der Waals surface area contributed by atoms with Crippen LogP contribution in [-0.4, -0.2) is 32.5 Å². The third-order valence-electron chi connectivity index (χ3n) is 4.57. The van der Waals surface area contributed by atoms with Gasteiger partial charge in [-0.2, -0.15) is 0 Å². The summed E-state index contributed by atoms with van der Waals surface area (Å²) in [5, 5.41) is 14.7. The Bertz CT molecular complexity index is 745. The number of carbonyl (C=O) groups is 1. The fraction of sp³-hybridized carbons (Fsp3) is 0.526. The van der Waals surface area contributed by atoms with Crippen molar-refractivity contribution in [2.75, 3.05) is 5.75 Å². The highest BCUT2D eigenvalue weighted by Gasteiger charge is 2.18. The molecule has 0 saturated heterocycles. The summed E-state index contributed by atoms with van der Waals surface area (Å²) in [5.74, 6) is 1.29. The lowest BCUT2D eigenvalue weighted by atomic mass is 10.1. The molecular formula is C19H26N4OS2. The number of amides is 1. The van der Waals surface area contributed by atoms with E-state index >= 15 is 0 Å². The van der Waals surface area contributed by atoms with Crippen LogP contribution in [0.2, 0.25) is 0 Å². The highest BCUT2D eigenvalue weighted by atomic mass is 32.2. The minimum Gasteiger partial charge on any atom is -0.353 e. The van der Waals surface area contributed by atoms with Crippen LogP contribution in [0, 0.1) is 6.92 Å². The number of hydrogen-bond acceptors (Lipinski definition) is 5. The number of aryl methyl sites for hydroxylation is 1. The number of allylic oxidation sites excluding steroid dienone is 1. The first-order valence-electron chi connectivity index (χ1n) is 9.19. The van der Waals surface area contributed by atoms with Crippen molar-refractivity contribution in [3.8, 4) is 11.4 Å². The van der Waals surface area contributed by atoms with Gasteiger partial charge in [0.15, 0.2) is 11.0 Å². The van der Waals surface area contributed by atoms with Crippen LogP contribution < -0.4 is 5.32 Å². The second-order valence-corrected chi connectivity index (χ2v) is 8.75. The van der Waals surface area contributed by atoms with Crippen molar-refractivity contribution < 1.29 is 4.79 Å². The van der Waals surface area contributed by atoms with E-state index in [9.17, 15) is 4.79 Å². The normalized spacial score (nSPS) is 15.6. The van der Waals surface area contributed by atoms with E-state index < -0.39 is 0 Å². The van der Waals surface area contributed by atoms with Gasteiger partial charge in [-0.15, -0.1) is 28.1 Å². The molecule has 2 aromatic heterocycles. The molecule has 26 heavy (non-hydrogen) atoms. The third kappa shape index (κ3) is 4.98. The van der Waals surface area contributed by atoms with Crippen LogP contribution >= 0.6 is 23.1 Å². The van der Waals surface area contributed by atoms with Crippen LogP contribution in [0.15, 0.2) is 29.3 Å². The van der Waals surface area contributed by atoms with Crippen molar-refractivity contribution in [2.24, 2.45) is 0 Å². The molecule has 140 valence electrons. The smallest absolute Gasteiger partial charge is 0.230 e. The van der Waals surface area contributed by atoms with E-state index in [0.717, 1.165) is 29.4 Å². The van der Waals surface area contributed by atoms with Crippen LogP contribution in [0.5, 0.6) is 0 Å². The Morgan fingerprint density at radius 1 is 1.38 bits per heavy atom. The maximum absolute atomic E-state index is 12.3. The van der Waals surface area contributed by atoms with Crippen LogP contribution in [0.25, 0.3) is 11.4 Å². The summed E-state index contributed by atoms with van der Waals surface area (Å²) < 4.78 is 2.03. The first-order chi connectivity index (χ1) is 12.7. The molecule has 2 heterocycles. The predicted octanol–water partition coefficient (Wildman–Crippen LogP) is 4.43. The number of hydrogen-bond donors (Lipinski definition) is 1. The van der Waals surface area contributed by atoms with E-state index in [0.29, 0.717) is 18.3 Å². The molecule has 0 bridgehead atoms. The molecule has 0 atom stereocenters. The minimum absolute atomic E-state index is 0.0861. The molecule has 1 N–H and O–H groups in total. The summed E-state index contributed by atoms with van der Waals surface area (Å²) in [5.41, 5.74) is 1.07. The maximum Gasteiger partial charge on any atom is 0.230 e. The Kier molecular flexibility index (Phi) is 6.91. The highest BCUT2D eigenvalue weighted by molar-refractivity contribution is 7.99. The van der Waals surface area contributed by atoms with Gasteiger partial charge >= 0.3 is 0 Å². The number of thioether (sulfide) groups is 1. The Morgan fingerprint density at radius 2 is 2.15 bits per heavy atom. The standard InChI is InChI=1S/C19H26N4OS2/c1-3-10-23-18(15-11-14(2)25-12-15)21-22-19(23)26-13-17(24)20-16-8-6-4-5-7-9-16/h3,11-12,16H,1,4-10,13H2,2H3,(H,20,24). The van der Waals surface area contributed by atoms with E-state index in [2.05, 4.69) is 40.5 Å². The number of nitrogens with one attached hydrogen (secondary N) is 1. The van der Waals surface area contributed by atoms with Gasteiger partial charge in [0.05, 0.1) is 5.75 Å². The van der Waals surface area contributed by atoms with E-state index in [1.807, 2.05) is 10.6 Å². The molecule has 0 radical (unpaired) electrons. The van der Waals surface area contributed by atoms with Crippen molar-refractivity contribution in [3.63, 3.8) is 0 Å². The zero-order chi connectivity index (χ0) is 18.4. The average molecular weight is 391 g/mol. The van der Waals surface area contributed by atoms with Crippen molar-refractivity contribution in [2.45, 2.75) is 63.2 Å². The van der Waals surface area contributed by atoms with Gasteiger partial charge in [-0.1, -0.05) is 43.5 Å². The first-order valence-corrected chi connectivity index (χ1v) is 11.1. The minimum atomic E-state index is 0.0861. The number of carbonyl (C=O) groups excluding carboxylic acids is 1. The molecule has 0 spiro atoms. The molecule has 0 aromatic carbocycles. The zero-order valence-electron chi connectivity index (χ0n) is 15.2. The van der Waals surface area contributed by atoms with Crippen LogP contribution in [0.1, 0.15) is 43.4 Å². The summed E-state index contributed by atoms with van der Waals surface area (Å²) in [7, 11) is 0. The van der Waals surface area contributed by atoms with Gasteiger partial charge in [-0.3, -0.25) is 9.36 Å². The Hall–Kier alpha value is -1.60. The van der Waals surface area contributed by atoms with Crippen LogP contribution in [0.4, 0.5) is 0 Å². The SMILES string of the molecule is C=CCn1c(SCC(=O)NC2CCCCCC2)nnc1-c1csc(C)c1. The summed E-state index contributed by atoms with van der Waals surface area (Å²) in [4.78, 5) is 13.6. The van der Waals surface area contributed by atoms with Crippen LogP contribution in [0.3, 0.4) is 0 Å².